The number of fused-ring (bicyclic) bond motifs is 1. The van der Waals surface area contributed by atoms with Gasteiger partial charge in [0.05, 0.1) is 3.79 Å². The molecule has 2 unspecified atom stereocenters. The molecule has 20 heavy (non-hydrogen) atoms. The topological polar surface area (TPSA) is 53.7 Å². The minimum absolute atomic E-state index is 0.119. The highest BCUT2D eigenvalue weighted by Gasteiger charge is 2.22. The van der Waals surface area contributed by atoms with Gasteiger partial charge in [0.15, 0.2) is 11.5 Å². The molecule has 3 rings (SSSR count). The molecule has 6 heteroatoms. The SMILES string of the molecule is CC(N)C(Oc1ccc2c(c1)OCO2)c1ccc(Br)s1. The van der Waals surface area contributed by atoms with Crippen LogP contribution in [0.4, 0.5) is 0 Å². The first-order chi connectivity index (χ1) is 9.63. The van der Waals surface area contributed by atoms with Crippen LogP contribution in [0.2, 0.25) is 0 Å². The first-order valence-electron chi connectivity index (χ1n) is 6.20. The molecule has 1 aromatic carbocycles. The quantitative estimate of drug-likeness (QED) is 0.908. The Balaban J connectivity index is 1.83. The second-order valence-electron chi connectivity index (χ2n) is 4.55. The van der Waals surface area contributed by atoms with Crippen molar-refractivity contribution in [1.29, 1.82) is 0 Å². The molecule has 1 aliphatic heterocycles. The molecular weight excluding hydrogens is 342 g/mol. The van der Waals surface area contributed by atoms with Crippen LogP contribution in [0.15, 0.2) is 34.1 Å². The summed E-state index contributed by atoms with van der Waals surface area (Å²) in [5.74, 6) is 2.17. The molecule has 0 radical (unpaired) electrons. The van der Waals surface area contributed by atoms with Crippen molar-refractivity contribution in [3.8, 4) is 17.2 Å². The van der Waals surface area contributed by atoms with Crippen LogP contribution in [0, 0.1) is 0 Å². The first-order valence-corrected chi connectivity index (χ1v) is 7.81. The van der Waals surface area contributed by atoms with Gasteiger partial charge in [-0.25, -0.2) is 0 Å². The summed E-state index contributed by atoms with van der Waals surface area (Å²) in [4.78, 5) is 1.09. The fraction of sp³-hybridized carbons (Fsp3) is 0.286. The average Bonchev–Trinajstić information content (AvgIpc) is 3.03. The lowest BCUT2D eigenvalue weighted by atomic mass is 10.1. The molecule has 0 bridgehead atoms. The van der Waals surface area contributed by atoms with Crippen molar-refractivity contribution >= 4 is 27.3 Å². The van der Waals surface area contributed by atoms with Gasteiger partial charge in [-0.05, 0) is 47.1 Å². The van der Waals surface area contributed by atoms with Crippen molar-refractivity contribution in [2.75, 3.05) is 6.79 Å². The number of nitrogens with two attached hydrogens (primary N) is 1. The number of ether oxygens (including phenoxy) is 3. The van der Waals surface area contributed by atoms with Crippen LogP contribution < -0.4 is 19.9 Å². The van der Waals surface area contributed by atoms with Gasteiger partial charge in [-0.2, -0.15) is 0 Å². The van der Waals surface area contributed by atoms with Gasteiger partial charge >= 0.3 is 0 Å². The van der Waals surface area contributed by atoms with Gasteiger partial charge in [0.1, 0.15) is 11.9 Å². The van der Waals surface area contributed by atoms with E-state index in [1.54, 1.807) is 11.3 Å². The molecule has 2 heterocycles. The zero-order valence-electron chi connectivity index (χ0n) is 10.8. The highest BCUT2D eigenvalue weighted by molar-refractivity contribution is 9.11. The van der Waals surface area contributed by atoms with Crippen LogP contribution in [0.25, 0.3) is 0 Å². The first kappa shape index (κ1) is 13.7. The number of thiophene rings is 1. The molecule has 2 atom stereocenters. The predicted molar refractivity (Wildman–Crippen MR) is 81.6 cm³/mol. The predicted octanol–water partition coefficient (Wildman–Crippen LogP) is 3.71. The molecule has 2 N–H and O–H groups in total. The maximum atomic E-state index is 6.05. The van der Waals surface area contributed by atoms with Crippen LogP contribution in [0.5, 0.6) is 17.2 Å². The van der Waals surface area contributed by atoms with E-state index in [2.05, 4.69) is 15.9 Å². The minimum atomic E-state index is -0.188. The van der Waals surface area contributed by atoms with Gasteiger partial charge in [0.2, 0.25) is 6.79 Å². The molecule has 0 spiro atoms. The van der Waals surface area contributed by atoms with Crippen molar-refractivity contribution in [3.05, 3.63) is 39.0 Å². The summed E-state index contributed by atoms with van der Waals surface area (Å²) in [6.45, 7) is 2.19. The number of hydrogen-bond donors (Lipinski definition) is 1. The summed E-state index contributed by atoms with van der Waals surface area (Å²) in [5, 5.41) is 0. The van der Waals surface area contributed by atoms with Gasteiger partial charge in [0, 0.05) is 17.0 Å². The van der Waals surface area contributed by atoms with E-state index in [4.69, 9.17) is 19.9 Å². The monoisotopic (exact) mass is 355 g/mol. The second kappa shape index (κ2) is 5.63. The Hall–Kier alpha value is -1.24. The molecule has 0 saturated carbocycles. The van der Waals surface area contributed by atoms with Crippen LogP contribution in [-0.2, 0) is 0 Å². The van der Waals surface area contributed by atoms with Gasteiger partial charge in [-0.15, -0.1) is 11.3 Å². The van der Waals surface area contributed by atoms with E-state index >= 15 is 0 Å². The lowest BCUT2D eigenvalue weighted by Crippen LogP contribution is -2.28. The van der Waals surface area contributed by atoms with Gasteiger partial charge in [0.25, 0.3) is 0 Å². The Morgan fingerprint density at radius 1 is 1.25 bits per heavy atom. The highest BCUT2D eigenvalue weighted by atomic mass is 79.9. The standard InChI is InChI=1S/C14H14BrNO3S/c1-8(16)14(12-4-5-13(15)20-12)19-9-2-3-10-11(6-9)18-7-17-10/h2-6,8,14H,7,16H2,1H3. The average molecular weight is 356 g/mol. The lowest BCUT2D eigenvalue weighted by Gasteiger charge is -2.21. The maximum absolute atomic E-state index is 6.05. The molecule has 2 aromatic rings. The summed E-state index contributed by atoms with van der Waals surface area (Å²) in [5.41, 5.74) is 6.05. The fourth-order valence-electron chi connectivity index (χ4n) is 2.00. The Labute approximate surface area is 129 Å². The zero-order chi connectivity index (χ0) is 14.1. The van der Waals surface area contributed by atoms with E-state index in [0.717, 1.165) is 20.2 Å². The molecule has 1 aromatic heterocycles. The normalized spacial score (nSPS) is 15.9. The lowest BCUT2D eigenvalue weighted by molar-refractivity contribution is 0.172. The molecular formula is C14H14BrNO3S. The largest absolute Gasteiger partial charge is 0.483 e. The summed E-state index contributed by atoms with van der Waals surface area (Å²) in [7, 11) is 0. The Bertz CT molecular complexity index is 614. The van der Waals surface area contributed by atoms with E-state index in [9.17, 15) is 0 Å². The van der Waals surface area contributed by atoms with E-state index in [-0.39, 0.29) is 18.9 Å². The van der Waals surface area contributed by atoms with Crippen LogP contribution in [0.1, 0.15) is 17.9 Å². The number of rotatable bonds is 4. The Morgan fingerprint density at radius 3 is 2.75 bits per heavy atom. The van der Waals surface area contributed by atoms with E-state index in [1.807, 2.05) is 37.3 Å². The number of hydrogen-bond acceptors (Lipinski definition) is 5. The summed E-state index contributed by atoms with van der Waals surface area (Å²) in [6, 6.07) is 9.45. The van der Waals surface area contributed by atoms with Crippen molar-refractivity contribution in [3.63, 3.8) is 0 Å². The molecule has 106 valence electrons. The molecule has 0 aliphatic carbocycles. The number of halogens is 1. The smallest absolute Gasteiger partial charge is 0.231 e. The fourth-order valence-corrected chi connectivity index (χ4v) is 3.57. The van der Waals surface area contributed by atoms with Crippen LogP contribution >= 0.6 is 27.3 Å². The highest BCUT2D eigenvalue weighted by Crippen LogP contribution is 2.38. The summed E-state index contributed by atoms with van der Waals surface area (Å²) >= 11 is 5.09. The van der Waals surface area contributed by atoms with Crippen molar-refractivity contribution in [1.82, 2.24) is 0 Å². The molecule has 0 amide bonds. The van der Waals surface area contributed by atoms with Gasteiger partial charge < -0.3 is 19.9 Å². The van der Waals surface area contributed by atoms with Gasteiger partial charge in [-0.1, -0.05) is 0 Å². The third-order valence-corrected chi connectivity index (χ3v) is 4.64. The Kier molecular flexibility index (Phi) is 3.87. The molecule has 0 fully saturated rings. The van der Waals surface area contributed by atoms with E-state index in [1.165, 1.54) is 0 Å². The van der Waals surface area contributed by atoms with Crippen LogP contribution in [-0.4, -0.2) is 12.8 Å². The van der Waals surface area contributed by atoms with Crippen LogP contribution in [0.3, 0.4) is 0 Å². The maximum Gasteiger partial charge on any atom is 0.231 e. The second-order valence-corrected chi connectivity index (χ2v) is 7.05. The minimum Gasteiger partial charge on any atom is -0.483 e. The molecule has 1 aliphatic rings. The Morgan fingerprint density at radius 2 is 2.05 bits per heavy atom. The van der Waals surface area contributed by atoms with E-state index < -0.39 is 0 Å². The van der Waals surface area contributed by atoms with Crippen molar-refractivity contribution in [2.24, 2.45) is 5.73 Å². The number of benzene rings is 1. The third-order valence-electron chi connectivity index (χ3n) is 2.96. The third kappa shape index (κ3) is 2.77. The zero-order valence-corrected chi connectivity index (χ0v) is 13.2. The summed E-state index contributed by atoms with van der Waals surface area (Å²) < 4.78 is 17.7. The summed E-state index contributed by atoms with van der Waals surface area (Å²) in [6.07, 6.45) is -0.188. The van der Waals surface area contributed by atoms with Gasteiger partial charge in [-0.3, -0.25) is 0 Å². The van der Waals surface area contributed by atoms with Crippen molar-refractivity contribution < 1.29 is 14.2 Å². The van der Waals surface area contributed by atoms with E-state index in [0.29, 0.717) is 5.75 Å². The van der Waals surface area contributed by atoms with Crippen molar-refractivity contribution in [2.45, 2.75) is 19.1 Å². The molecule has 0 saturated heterocycles. The molecule has 4 nitrogen and oxygen atoms in total.